The number of fused-ring (bicyclic) bond motifs is 1. The third kappa shape index (κ3) is 6.56. The zero-order valence-corrected chi connectivity index (χ0v) is 21.0. The number of likely N-dealkylation sites (tertiary alicyclic amines) is 1. The van der Waals surface area contributed by atoms with Gasteiger partial charge in [0.15, 0.2) is 0 Å². The maximum absolute atomic E-state index is 13.5. The van der Waals surface area contributed by atoms with Crippen LogP contribution >= 0.6 is 11.6 Å². The third-order valence-corrected chi connectivity index (χ3v) is 6.69. The topological polar surface area (TPSA) is 75.6 Å². The Morgan fingerprint density at radius 2 is 1.84 bits per heavy atom. The van der Waals surface area contributed by atoms with E-state index in [0.29, 0.717) is 66.1 Å². The van der Waals surface area contributed by atoms with Crippen molar-refractivity contribution in [1.82, 2.24) is 20.1 Å². The average molecular weight is 537 g/mol. The summed E-state index contributed by atoms with van der Waals surface area (Å²) in [5.74, 6) is -0.747. The molecule has 0 aliphatic carbocycles. The number of amides is 2. The highest BCUT2D eigenvalue weighted by Gasteiger charge is 2.34. The van der Waals surface area contributed by atoms with Crippen LogP contribution in [0.1, 0.15) is 34.7 Å². The van der Waals surface area contributed by atoms with E-state index in [-0.39, 0.29) is 30.0 Å². The Morgan fingerprint density at radius 3 is 2.54 bits per heavy atom. The summed E-state index contributed by atoms with van der Waals surface area (Å²) in [5.41, 5.74) is 1.61. The lowest BCUT2D eigenvalue weighted by atomic mass is 9.88. The van der Waals surface area contributed by atoms with E-state index < -0.39 is 6.36 Å². The van der Waals surface area contributed by atoms with Crippen molar-refractivity contribution in [2.75, 3.05) is 33.2 Å². The van der Waals surface area contributed by atoms with Gasteiger partial charge < -0.3 is 24.8 Å². The maximum atomic E-state index is 13.5. The molecule has 2 heterocycles. The standard InChI is InChI=1S/C26H28ClF3N4O3/c1-31-10-11-32-24(35)16-34-15-21(20-7-6-18(27)14-22(20)34)25(36)33-12-8-17(9-13-33)19-4-2-3-5-23(19)37-26(28,29)30/h2-7,14-15,17,31H,8-13,16H2,1H3,(H,32,35). The molecule has 1 aliphatic rings. The fourth-order valence-corrected chi connectivity index (χ4v) is 4.87. The molecule has 0 bridgehead atoms. The predicted molar refractivity (Wildman–Crippen MR) is 135 cm³/mol. The van der Waals surface area contributed by atoms with Crippen molar-refractivity contribution in [2.24, 2.45) is 0 Å². The second-order valence-corrected chi connectivity index (χ2v) is 9.37. The molecule has 11 heteroatoms. The number of hydrogen-bond acceptors (Lipinski definition) is 4. The Hall–Kier alpha value is -3.24. The highest BCUT2D eigenvalue weighted by atomic mass is 35.5. The molecular formula is C26H28ClF3N4O3. The number of piperidine rings is 1. The first-order valence-corrected chi connectivity index (χ1v) is 12.4. The molecule has 1 fully saturated rings. The van der Waals surface area contributed by atoms with Gasteiger partial charge in [0.2, 0.25) is 5.91 Å². The summed E-state index contributed by atoms with van der Waals surface area (Å²) in [6, 6.07) is 11.3. The fraction of sp³-hybridized carbons (Fsp3) is 0.385. The molecule has 2 aromatic carbocycles. The van der Waals surface area contributed by atoms with Crippen LogP contribution in [0.25, 0.3) is 10.9 Å². The molecular weight excluding hydrogens is 509 g/mol. The normalized spacial score (nSPS) is 14.7. The number of likely N-dealkylation sites (N-methyl/N-ethyl adjacent to an activating group) is 1. The summed E-state index contributed by atoms with van der Waals surface area (Å²) in [5, 5.41) is 6.95. The van der Waals surface area contributed by atoms with E-state index in [0.717, 1.165) is 0 Å². The molecule has 0 saturated carbocycles. The van der Waals surface area contributed by atoms with Crippen LogP contribution in [0.2, 0.25) is 5.02 Å². The van der Waals surface area contributed by atoms with Crippen LogP contribution in [-0.2, 0) is 11.3 Å². The highest BCUT2D eigenvalue weighted by molar-refractivity contribution is 6.31. The lowest BCUT2D eigenvalue weighted by molar-refractivity contribution is -0.275. The Morgan fingerprint density at radius 1 is 1.11 bits per heavy atom. The van der Waals surface area contributed by atoms with Crippen LogP contribution in [0.15, 0.2) is 48.7 Å². The zero-order valence-electron chi connectivity index (χ0n) is 20.3. The van der Waals surface area contributed by atoms with Crippen molar-refractivity contribution in [2.45, 2.75) is 31.7 Å². The van der Waals surface area contributed by atoms with E-state index in [9.17, 15) is 22.8 Å². The third-order valence-electron chi connectivity index (χ3n) is 6.45. The largest absolute Gasteiger partial charge is 0.573 e. The van der Waals surface area contributed by atoms with Crippen LogP contribution in [0.5, 0.6) is 5.75 Å². The first-order valence-electron chi connectivity index (χ1n) is 12.0. The van der Waals surface area contributed by atoms with Crippen molar-refractivity contribution < 1.29 is 27.5 Å². The van der Waals surface area contributed by atoms with Crippen molar-refractivity contribution in [3.8, 4) is 5.75 Å². The summed E-state index contributed by atoms with van der Waals surface area (Å²) >= 11 is 6.20. The average Bonchev–Trinajstić information content (AvgIpc) is 3.20. The Labute approximate surface area is 217 Å². The number of rotatable bonds is 8. The van der Waals surface area contributed by atoms with Gasteiger partial charge in [0.25, 0.3) is 5.91 Å². The summed E-state index contributed by atoms with van der Waals surface area (Å²) in [6.07, 6.45) is -2.10. The molecule has 1 saturated heterocycles. The Kier molecular flexibility index (Phi) is 8.29. The van der Waals surface area contributed by atoms with Gasteiger partial charge in [-0.05, 0) is 49.6 Å². The minimum atomic E-state index is -4.77. The number of alkyl halides is 3. The minimum absolute atomic E-state index is 0.0336. The summed E-state index contributed by atoms with van der Waals surface area (Å²) < 4.78 is 44.5. The number of halogens is 4. The van der Waals surface area contributed by atoms with Gasteiger partial charge in [-0.25, -0.2) is 0 Å². The van der Waals surface area contributed by atoms with Crippen molar-refractivity contribution in [1.29, 1.82) is 0 Å². The second kappa shape index (κ2) is 11.4. The van der Waals surface area contributed by atoms with E-state index in [1.54, 1.807) is 53.0 Å². The molecule has 4 rings (SSSR count). The Bertz CT molecular complexity index is 1270. The van der Waals surface area contributed by atoms with Gasteiger partial charge in [-0.1, -0.05) is 35.9 Å². The molecule has 37 heavy (non-hydrogen) atoms. The smallest absolute Gasteiger partial charge is 0.405 e. The van der Waals surface area contributed by atoms with Crippen molar-refractivity contribution in [3.63, 3.8) is 0 Å². The number of nitrogens with zero attached hydrogens (tertiary/aromatic N) is 2. The summed E-state index contributed by atoms with van der Waals surface area (Å²) in [4.78, 5) is 27.6. The zero-order chi connectivity index (χ0) is 26.6. The van der Waals surface area contributed by atoms with E-state index >= 15 is 0 Å². The van der Waals surface area contributed by atoms with Gasteiger partial charge in [0.1, 0.15) is 12.3 Å². The Balaban J connectivity index is 1.50. The van der Waals surface area contributed by atoms with E-state index in [4.69, 9.17) is 11.6 Å². The number of hydrogen-bond donors (Lipinski definition) is 2. The highest BCUT2D eigenvalue weighted by Crippen LogP contribution is 2.37. The number of aromatic nitrogens is 1. The lowest BCUT2D eigenvalue weighted by Crippen LogP contribution is -2.38. The lowest BCUT2D eigenvalue weighted by Gasteiger charge is -2.33. The monoisotopic (exact) mass is 536 g/mol. The summed E-state index contributed by atoms with van der Waals surface area (Å²) in [7, 11) is 1.80. The molecule has 1 aromatic heterocycles. The van der Waals surface area contributed by atoms with Gasteiger partial charge in [0, 0.05) is 42.8 Å². The van der Waals surface area contributed by atoms with Crippen LogP contribution in [0, 0.1) is 0 Å². The van der Waals surface area contributed by atoms with E-state index in [1.165, 1.54) is 12.1 Å². The van der Waals surface area contributed by atoms with E-state index in [2.05, 4.69) is 15.4 Å². The second-order valence-electron chi connectivity index (χ2n) is 8.94. The number of carbonyl (C=O) groups is 2. The first kappa shape index (κ1) is 26.8. The molecule has 2 amide bonds. The van der Waals surface area contributed by atoms with Crippen molar-refractivity contribution in [3.05, 3.63) is 64.8 Å². The number of para-hydroxylation sites is 1. The molecule has 0 atom stereocenters. The van der Waals surface area contributed by atoms with Crippen molar-refractivity contribution >= 4 is 34.3 Å². The number of carbonyl (C=O) groups excluding carboxylic acids is 2. The molecule has 7 nitrogen and oxygen atoms in total. The summed E-state index contributed by atoms with van der Waals surface area (Å²) in [6.45, 7) is 1.92. The molecule has 0 unspecified atom stereocenters. The van der Waals surface area contributed by atoms with Crippen LogP contribution in [0.3, 0.4) is 0 Å². The quantitative estimate of drug-likeness (QED) is 0.414. The molecule has 2 N–H and O–H groups in total. The van der Waals surface area contributed by atoms with Crippen LogP contribution < -0.4 is 15.4 Å². The SMILES string of the molecule is CNCCNC(=O)Cn1cc(C(=O)N2CCC(c3ccccc3OC(F)(F)F)CC2)c2ccc(Cl)cc21. The molecule has 1 aliphatic heterocycles. The molecule has 198 valence electrons. The maximum Gasteiger partial charge on any atom is 0.573 e. The van der Waals surface area contributed by atoms with Crippen LogP contribution in [-0.4, -0.2) is 60.9 Å². The van der Waals surface area contributed by atoms with Gasteiger partial charge in [-0.3, -0.25) is 9.59 Å². The van der Waals surface area contributed by atoms with Gasteiger partial charge in [0.05, 0.1) is 11.1 Å². The minimum Gasteiger partial charge on any atom is -0.405 e. The van der Waals surface area contributed by atoms with Gasteiger partial charge >= 0.3 is 6.36 Å². The molecule has 3 aromatic rings. The molecule has 0 spiro atoms. The molecule has 0 radical (unpaired) electrons. The number of nitrogens with one attached hydrogen (secondary N) is 2. The number of ether oxygens (including phenoxy) is 1. The predicted octanol–water partition coefficient (Wildman–Crippen LogP) is 4.55. The van der Waals surface area contributed by atoms with Crippen LogP contribution in [0.4, 0.5) is 13.2 Å². The fourth-order valence-electron chi connectivity index (χ4n) is 4.70. The van der Waals surface area contributed by atoms with E-state index in [1.807, 2.05) is 0 Å². The van der Waals surface area contributed by atoms with Gasteiger partial charge in [-0.15, -0.1) is 13.2 Å². The first-order chi connectivity index (χ1) is 17.7. The van der Waals surface area contributed by atoms with Gasteiger partial charge in [-0.2, -0.15) is 0 Å². The number of benzene rings is 2.